The molecule has 16 nitrogen and oxygen atoms in total. The van der Waals surface area contributed by atoms with Gasteiger partial charge < -0.3 is 34.2 Å². The summed E-state index contributed by atoms with van der Waals surface area (Å²) in [4.78, 5) is 58.2. The number of unbranched alkanes of at least 4 members (excludes halogenated alkanes) is 23. The van der Waals surface area contributed by atoms with Crippen LogP contribution in [0.1, 0.15) is 252 Å². The van der Waals surface area contributed by atoms with Crippen molar-refractivity contribution in [1.82, 2.24) is 0 Å². The molecule has 0 rings (SSSR count). The van der Waals surface area contributed by atoms with E-state index in [4.69, 9.17) is 32.3 Å². The Hall–Kier alpha value is -3.27. The number of rotatable bonds is 60. The number of hydrogen-bond acceptors (Lipinski definition) is 14. The van der Waals surface area contributed by atoms with Gasteiger partial charge in [-0.05, 0) is 116 Å². The number of aliphatic hydroxyl groups is 2. The molecule has 0 heterocycles. The topological polar surface area (TPSA) is 231 Å². The zero-order valence-corrected chi connectivity index (χ0v) is 53.4. The summed E-state index contributed by atoms with van der Waals surface area (Å²) in [6.45, 7) is 2.48. The Morgan fingerprint density at radius 3 is 1.00 bits per heavy atom. The Balaban J connectivity index is 4.66. The van der Waals surface area contributed by atoms with Crippen LogP contribution in [-0.2, 0) is 55.8 Å². The maximum atomic E-state index is 12.9. The molecule has 0 aliphatic rings. The van der Waals surface area contributed by atoms with Crippen molar-refractivity contribution in [3.8, 4) is 0 Å². The zero-order chi connectivity index (χ0) is 61.0. The van der Waals surface area contributed by atoms with Gasteiger partial charge in [0.15, 0.2) is 6.10 Å². The smallest absolute Gasteiger partial charge is 0.463 e. The Bertz CT molecular complexity index is 1860. The Labute approximate surface area is 502 Å². The van der Waals surface area contributed by atoms with Crippen LogP contribution in [0.3, 0.4) is 0 Å². The summed E-state index contributed by atoms with van der Waals surface area (Å²) in [6, 6.07) is 0. The van der Waals surface area contributed by atoms with Crippen molar-refractivity contribution in [3.63, 3.8) is 0 Å². The standard InChI is InChI=1S/C65H114O16P2/c1-4-7-10-13-16-19-22-25-27-28-29-30-32-35-36-39-42-45-48-51-63(68)75-54-60(66)55-77-82(71,72)78-56-61(67)57-79-83(73,74)80-59-62(81-65(70)53-50-47-44-41-38-33-24-21-18-15-12-9-6-3)58-76-64(69)52-49-46-43-40-37-34-31-26-23-20-17-14-11-8-5-2/h12,15-17,19-21,24-27,29-31,60-62,66-67H,4-11,13-14,18,22-23,28,32-59H2,1-3H3,(H,71,72)(H,73,74)/b15-12-,19-16-,20-17-,24-21-,27-25-,30-29-,31-26-. The van der Waals surface area contributed by atoms with Gasteiger partial charge in [-0.2, -0.15) is 0 Å². The highest BCUT2D eigenvalue weighted by atomic mass is 31.2. The Morgan fingerprint density at radius 1 is 0.337 bits per heavy atom. The molecule has 0 spiro atoms. The lowest BCUT2D eigenvalue weighted by atomic mass is 10.1. The number of allylic oxidation sites excluding steroid dienone is 14. The van der Waals surface area contributed by atoms with Crippen LogP contribution in [0.5, 0.6) is 0 Å². The number of hydrogen-bond donors (Lipinski definition) is 4. The highest BCUT2D eigenvalue weighted by Crippen LogP contribution is 2.45. The molecular formula is C65H114O16P2. The number of aliphatic hydroxyl groups excluding tert-OH is 2. The third-order valence-electron chi connectivity index (χ3n) is 13.0. The van der Waals surface area contributed by atoms with Crippen LogP contribution < -0.4 is 0 Å². The van der Waals surface area contributed by atoms with Crippen LogP contribution in [0.15, 0.2) is 85.1 Å². The number of esters is 3. The zero-order valence-electron chi connectivity index (χ0n) is 51.6. The summed E-state index contributed by atoms with van der Waals surface area (Å²) in [6.07, 6.45) is 60.7. The highest BCUT2D eigenvalue weighted by molar-refractivity contribution is 7.47. The fourth-order valence-electron chi connectivity index (χ4n) is 8.11. The van der Waals surface area contributed by atoms with E-state index in [-0.39, 0.29) is 19.3 Å². The van der Waals surface area contributed by atoms with Gasteiger partial charge in [-0.1, -0.05) is 202 Å². The van der Waals surface area contributed by atoms with Crippen molar-refractivity contribution in [1.29, 1.82) is 0 Å². The van der Waals surface area contributed by atoms with E-state index in [0.29, 0.717) is 19.3 Å². The van der Waals surface area contributed by atoms with Gasteiger partial charge in [-0.3, -0.25) is 32.5 Å². The van der Waals surface area contributed by atoms with Gasteiger partial charge in [-0.25, -0.2) is 9.13 Å². The molecule has 0 fully saturated rings. The van der Waals surface area contributed by atoms with E-state index in [1.165, 1.54) is 44.9 Å². The summed E-state index contributed by atoms with van der Waals surface area (Å²) in [7, 11) is -9.77. The Kier molecular flexibility index (Phi) is 56.8. The predicted molar refractivity (Wildman–Crippen MR) is 334 cm³/mol. The van der Waals surface area contributed by atoms with Crippen molar-refractivity contribution in [2.45, 2.75) is 270 Å². The normalized spacial score (nSPS) is 14.9. The van der Waals surface area contributed by atoms with E-state index in [0.717, 1.165) is 148 Å². The highest BCUT2D eigenvalue weighted by Gasteiger charge is 2.29. The minimum absolute atomic E-state index is 0.0846. The van der Waals surface area contributed by atoms with Crippen LogP contribution in [0.4, 0.5) is 0 Å². The molecule has 480 valence electrons. The van der Waals surface area contributed by atoms with Gasteiger partial charge in [0, 0.05) is 19.3 Å². The van der Waals surface area contributed by atoms with E-state index in [2.05, 4.69) is 106 Å². The molecule has 5 unspecified atom stereocenters. The first-order valence-corrected chi connectivity index (χ1v) is 34.9. The minimum Gasteiger partial charge on any atom is -0.463 e. The second kappa shape index (κ2) is 59.1. The molecule has 0 aliphatic heterocycles. The van der Waals surface area contributed by atoms with Gasteiger partial charge in [0.05, 0.1) is 26.4 Å². The summed E-state index contributed by atoms with van der Waals surface area (Å²) in [5.74, 6) is -1.62. The van der Waals surface area contributed by atoms with Crippen molar-refractivity contribution in [2.75, 3.05) is 39.6 Å². The van der Waals surface area contributed by atoms with Gasteiger partial charge in [0.2, 0.25) is 0 Å². The minimum atomic E-state index is -4.92. The molecule has 0 aromatic heterocycles. The van der Waals surface area contributed by atoms with Gasteiger partial charge >= 0.3 is 33.6 Å². The molecule has 0 saturated heterocycles. The molecule has 0 aromatic rings. The SMILES string of the molecule is CCC/C=C\C/C=C\CCCCCCCC(=O)OC(COC(=O)CCCCCCC/C=C\C/C=C\CCCCC)COP(=O)(O)OCC(O)COP(=O)(O)OCC(O)COC(=O)CCCCCCCC/C=C\C/C=C\C/C=C\CCCCC. The van der Waals surface area contributed by atoms with Crippen LogP contribution in [0.25, 0.3) is 0 Å². The summed E-state index contributed by atoms with van der Waals surface area (Å²) in [5, 5.41) is 20.5. The van der Waals surface area contributed by atoms with Crippen molar-refractivity contribution >= 4 is 33.6 Å². The van der Waals surface area contributed by atoms with Crippen molar-refractivity contribution in [2.24, 2.45) is 0 Å². The van der Waals surface area contributed by atoms with E-state index < -0.39 is 91.5 Å². The monoisotopic (exact) mass is 1210 g/mol. The third kappa shape index (κ3) is 60.2. The third-order valence-corrected chi connectivity index (χ3v) is 14.9. The lowest BCUT2D eigenvalue weighted by molar-refractivity contribution is -0.161. The van der Waals surface area contributed by atoms with E-state index >= 15 is 0 Å². The van der Waals surface area contributed by atoms with Gasteiger partial charge in [-0.15, -0.1) is 0 Å². The first-order chi connectivity index (χ1) is 40.2. The maximum Gasteiger partial charge on any atom is 0.472 e. The first-order valence-electron chi connectivity index (χ1n) is 31.9. The fraction of sp³-hybridized carbons (Fsp3) is 0.738. The summed E-state index contributed by atoms with van der Waals surface area (Å²) in [5.41, 5.74) is 0. The molecule has 4 N–H and O–H groups in total. The summed E-state index contributed by atoms with van der Waals surface area (Å²) >= 11 is 0. The summed E-state index contributed by atoms with van der Waals surface area (Å²) < 4.78 is 60.7. The van der Waals surface area contributed by atoms with Gasteiger partial charge in [0.1, 0.15) is 25.4 Å². The van der Waals surface area contributed by atoms with E-state index in [9.17, 15) is 43.5 Å². The molecule has 0 amide bonds. The number of ether oxygens (including phenoxy) is 3. The number of phosphoric acid groups is 2. The van der Waals surface area contributed by atoms with Crippen LogP contribution in [0, 0.1) is 0 Å². The van der Waals surface area contributed by atoms with Crippen LogP contribution in [0.2, 0.25) is 0 Å². The Morgan fingerprint density at radius 2 is 0.627 bits per heavy atom. The quantitative estimate of drug-likeness (QED) is 0.0146. The molecule has 0 aliphatic carbocycles. The average molecular weight is 1210 g/mol. The molecule has 18 heteroatoms. The molecule has 83 heavy (non-hydrogen) atoms. The number of carbonyl (C=O) groups excluding carboxylic acids is 3. The molecule has 5 atom stereocenters. The van der Waals surface area contributed by atoms with Crippen molar-refractivity contribution < 1.29 is 75.8 Å². The molecule has 0 saturated carbocycles. The van der Waals surface area contributed by atoms with Crippen LogP contribution >= 0.6 is 15.6 Å². The van der Waals surface area contributed by atoms with E-state index in [1.807, 2.05) is 0 Å². The number of carbonyl (C=O) groups is 3. The largest absolute Gasteiger partial charge is 0.472 e. The van der Waals surface area contributed by atoms with Gasteiger partial charge in [0.25, 0.3) is 0 Å². The first kappa shape index (κ1) is 79.7. The molecule has 0 bridgehead atoms. The average Bonchev–Trinajstić information content (AvgIpc) is 3.46. The second-order valence-electron chi connectivity index (χ2n) is 21.2. The fourth-order valence-corrected chi connectivity index (χ4v) is 9.70. The van der Waals surface area contributed by atoms with E-state index in [1.54, 1.807) is 0 Å². The maximum absolute atomic E-state index is 12.9. The molecule has 0 radical (unpaired) electrons. The van der Waals surface area contributed by atoms with Crippen LogP contribution in [-0.4, -0.2) is 95.9 Å². The molecular weight excluding hydrogens is 1100 g/mol. The van der Waals surface area contributed by atoms with Crippen molar-refractivity contribution in [3.05, 3.63) is 85.1 Å². The molecule has 0 aromatic carbocycles. The lowest BCUT2D eigenvalue weighted by Crippen LogP contribution is -2.30. The second-order valence-corrected chi connectivity index (χ2v) is 24.1. The lowest BCUT2D eigenvalue weighted by Gasteiger charge is -2.21. The number of phosphoric ester groups is 2. The predicted octanol–water partition coefficient (Wildman–Crippen LogP) is 17.0.